The van der Waals surface area contributed by atoms with Gasteiger partial charge in [-0.2, -0.15) is 0 Å². The molecule has 96 valence electrons. The highest BCUT2D eigenvalue weighted by molar-refractivity contribution is 5.85. The number of oxime groups is 1. The lowest BCUT2D eigenvalue weighted by Crippen LogP contribution is -2.36. The summed E-state index contributed by atoms with van der Waals surface area (Å²) in [5.41, 5.74) is 5.43. The maximum absolute atomic E-state index is 8.68. The SMILES string of the molecule is CCCCN(CC)CCC(C)(C)C(N)=NO. The van der Waals surface area contributed by atoms with Crippen molar-refractivity contribution in [3.63, 3.8) is 0 Å². The van der Waals surface area contributed by atoms with Gasteiger partial charge in [0.25, 0.3) is 0 Å². The molecule has 0 bridgehead atoms. The normalized spacial score (nSPS) is 13.4. The van der Waals surface area contributed by atoms with E-state index in [-0.39, 0.29) is 5.41 Å². The largest absolute Gasteiger partial charge is 0.409 e. The second-order valence-corrected chi connectivity index (χ2v) is 4.91. The van der Waals surface area contributed by atoms with Gasteiger partial charge in [0, 0.05) is 5.41 Å². The van der Waals surface area contributed by atoms with Gasteiger partial charge in [0.2, 0.25) is 0 Å². The molecule has 4 heteroatoms. The molecule has 0 aliphatic rings. The molecule has 0 amide bonds. The van der Waals surface area contributed by atoms with E-state index in [1.165, 1.54) is 12.8 Å². The minimum atomic E-state index is -0.228. The first kappa shape index (κ1) is 15.2. The average molecular weight is 229 g/mol. The van der Waals surface area contributed by atoms with Crippen molar-refractivity contribution in [3.8, 4) is 0 Å². The fourth-order valence-electron chi connectivity index (χ4n) is 1.51. The quantitative estimate of drug-likeness (QED) is 0.290. The molecule has 0 saturated carbocycles. The molecule has 16 heavy (non-hydrogen) atoms. The van der Waals surface area contributed by atoms with E-state index in [2.05, 4.69) is 23.9 Å². The van der Waals surface area contributed by atoms with Crippen molar-refractivity contribution < 1.29 is 5.21 Å². The van der Waals surface area contributed by atoms with Crippen LogP contribution in [-0.2, 0) is 0 Å². The number of amidine groups is 1. The minimum Gasteiger partial charge on any atom is -0.409 e. The zero-order valence-corrected chi connectivity index (χ0v) is 11.2. The van der Waals surface area contributed by atoms with Gasteiger partial charge in [0.05, 0.1) is 0 Å². The highest BCUT2D eigenvalue weighted by atomic mass is 16.4. The molecule has 4 nitrogen and oxygen atoms in total. The molecule has 0 spiro atoms. The molecule has 0 rings (SSSR count). The summed E-state index contributed by atoms with van der Waals surface area (Å²) in [6.07, 6.45) is 3.37. The van der Waals surface area contributed by atoms with Gasteiger partial charge in [-0.25, -0.2) is 0 Å². The zero-order chi connectivity index (χ0) is 12.6. The Morgan fingerprint density at radius 3 is 2.38 bits per heavy atom. The fourth-order valence-corrected chi connectivity index (χ4v) is 1.51. The van der Waals surface area contributed by atoms with Gasteiger partial charge < -0.3 is 15.8 Å². The van der Waals surface area contributed by atoms with Crippen LogP contribution in [0, 0.1) is 5.41 Å². The lowest BCUT2D eigenvalue weighted by atomic mass is 9.88. The Morgan fingerprint density at radius 1 is 1.31 bits per heavy atom. The Balaban J connectivity index is 4.09. The summed E-state index contributed by atoms with van der Waals surface area (Å²) < 4.78 is 0. The fraction of sp³-hybridized carbons (Fsp3) is 0.917. The van der Waals surface area contributed by atoms with E-state index in [0.717, 1.165) is 26.1 Å². The summed E-state index contributed by atoms with van der Waals surface area (Å²) in [7, 11) is 0. The molecule has 0 aliphatic carbocycles. The van der Waals surface area contributed by atoms with Gasteiger partial charge in [-0.3, -0.25) is 0 Å². The van der Waals surface area contributed by atoms with E-state index in [9.17, 15) is 0 Å². The first-order valence-electron chi connectivity index (χ1n) is 6.18. The van der Waals surface area contributed by atoms with Crippen molar-refractivity contribution in [1.29, 1.82) is 0 Å². The summed E-state index contributed by atoms with van der Waals surface area (Å²) in [5, 5.41) is 11.8. The predicted octanol–water partition coefficient (Wildman–Crippen LogP) is 2.27. The monoisotopic (exact) mass is 229 g/mol. The maximum Gasteiger partial charge on any atom is 0.144 e. The lowest BCUT2D eigenvalue weighted by Gasteiger charge is -2.27. The molecule has 0 radical (unpaired) electrons. The van der Waals surface area contributed by atoms with Gasteiger partial charge in [-0.1, -0.05) is 39.3 Å². The second-order valence-electron chi connectivity index (χ2n) is 4.91. The Labute approximate surface area is 99.5 Å². The summed E-state index contributed by atoms with van der Waals surface area (Å²) in [6.45, 7) is 11.6. The van der Waals surface area contributed by atoms with E-state index in [1.807, 2.05) is 13.8 Å². The van der Waals surface area contributed by atoms with Crippen LogP contribution in [0.15, 0.2) is 5.16 Å². The van der Waals surface area contributed by atoms with Crippen molar-refractivity contribution in [1.82, 2.24) is 4.90 Å². The van der Waals surface area contributed by atoms with E-state index >= 15 is 0 Å². The molecule has 0 saturated heterocycles. The van der Waals surface area contributed by atoms with Crippen LogP contribution < -0.4 is 5.73 Å². The smallest absolute Gasteiger partial charge is 0.144 e. The van der Waals surface area contributed by atoms with Crippen LogP contribution in [0.5, 0.6) is 0 Å². The summed E-state index contributed by atoms with van der Waals surface area (Å²) >= 11 is 0. The molecule has 0 atom stereocenters. The van der Waals surface area contributed by atoms with E-state index in [1.54, 1.807) is 0 Å². The van der Waals surface area contributed by atoms with Crippen LogP contribution in [-0.4, -0.2) is 35.6 Å². The second kappa shape index (κ2) is 7.49. The van der Waals surface area contributed by atoms with Crippen molar-refractivity contribution in [2.45, 2.75) is 47.0 Å². The third-order valence-electron chi connectivity index (χ3n) is 3.13. The highest BCUT2D eigenvalue weighted by Crippen LogP contribution is 2.20. The molecule has 0 aromatic rings. The molecule has 0 fully saturated rings. The number of unbranched alkanes of at least 4 members (excludes halogenated alkanes) is 1. The molecule has 0 unspecified atom stereocenters. The van der Waals surface area contributed by atoms with Crippen LogP contribution >= 0.6 is 0 Å². The Bertz CT molecular complexity index is 214. The Morgan fingerprint density at radius 2 is 1.94 bits per heavy atom. The minimum absolute atomic E-state index is 0.228. The van der Waals surface area contributed by atoms with Crippen LogP contribution in [0.4, 0.5) is 0 Å². The van der Waals surface area contributed by atoms with Crippen molar-refractivity contribution in [3.05, 3.63) is 0 Å². The summed E-state index contributed by atoms with van der Waals surface area (Å²) in [5.74, 6) is 0.319. The number of hydrogen-bond acceptors (Lipinski definition) is 3. The van der Waals surface area contributed by atoms with E-state index in [0.29, 0.717) is 5.84 Å². The zero-order valence-electron chi connectivity index (χ0n) is 11.2. The third-order valence-corrected chi connectivity index (χ3v) is 3.13. The number of nitrogens with two attached hydrogens (primary N) is 1. The number of hydrogen-bond donors (Lipinski definition) is 2. The number of rotatable bonds is 8. The molecule has 0 aliphatic heterocycles. The topological polar surface area (TPSA) is 61.8 Å². The first-order valence-corrected chi connectivity index (χ1v) is 6.18. The van der Waals surface area contributed by atoms with Gasteiger partial charge >= 0.3 is 0 Å². The molecule has 0 heterocycles. The van der Waals surface area contributed by atoms with Crippen LogP contribution in [0.2, 0.25) is 0 Å². The maximum atomic E-state index is 8.68. The summed E-state index contributed by atoms with van der Waals surface area (Å²) in [6, 6.07) is 0. The molecular formula is C12H27N3O. The van der Waals surface area contributed by atoms with Crippen LogP contribution in [0.1, 0.15) is 47.0 Å². The Kier molecular flexibility index (Phi) is 7.13. The average Bonchev–Trinajstić information content (AvgIpc) is 2.28. The molecule has 3 N–H and O–H groups in total. The van der Waals surface area contributed by atoms with E-state index < -0.39 is 0 Å². The van der Waals surface area contributed by atoms with Crippen molar-refractivity contribution in [2.75, 3.05) is 19.6 Å². The van der Waals surface area contributed by atoms with Crippen LogP contribution in [0.3, 0.4) is 0 Å². The molecule has 0 aromatic heterocycles. The Hall–Kier alpha value is -0.770. The predicted molar refractivity (Wildman–Crippen MR) is 68.8 cm³/mol. The number of nitrogens with zero attached hydrogens (tertiary/aromatic N) is 2. The molecular weight excluding hydrogens is 202 g/mol. The van der Waals surface area contributed by atoms with Crippen molar-refractivity contribution in [2.24, 2.45) is 16.3 Å². The van der Waals surface area contributed by atoms with Gasteiger partial charge in [-0.05, 0) is 32.5 Å². The van der Waals surface area contributed by atoms with Crippen molar-refractivity contribution >= 4 is 5.84 Å². The van der Waals surface area contributed by atoms with Gasteiger partial charge in [0.15, 0.2) is 0 Å². The van der Waals surface area contributed by atoms with Gasteiger partial charge in [0.1, 0.15) is 5.84 Å². The van der Waals surface area contributed by atoms with E-state index in [4.69, 9.17) is 10.9 Å². The highest BCUT2D eigenvalue weighted by Gasteiger charge is 2.23. The van der Waals surface area contributed by atoms with Crippen LogP contribution in [0.25, 0.3) is 0 Å². The summed E-state index contributed by atoms with van der Waals surface area (Å²) in [4.78, 5) is 2.41. The first-order chi connectivity index (χ1) is 7.47. The standard InChI is InChI=1S/C12H27N3O/c1-5-7-9-15(6-2)10-8-12(3,4)11(13)14-16/h16H,5-10H2,1-4H3,(H2,13,14). The lowest BCUT2D eigenvalue weighted by molar-refractivity contribution is 0.247. The van der Waals surface area contributed by atoms with Gasteiger partial charge in [-0.15, -0.1) is 0 Å². The third kappa shape index (κ3) is 5.35. The molecule has 0 aromatic carbocycles.